The molecule has 0 nitrogen and oxygen atoms in total. The van der Waals surface area contributed by atoms with Crippen molar-refractivity contribution in [1.29, 1.82) is 0 Å². The molecule has 0 aromatic carbocycles. The van der Waals surface area contributed by atoms with Gasteiger partial charge in [0.05, 0.1) is 0 Å². The van der Waals surface area contributed by atoms with Crippen molar-refractivity contribution in [3.8, 4) is 0 Å². The van der Waals surface area contributed by atoms with Crippen LogP contribution in [0.15, 0.2) is 0 Å². The van der Waals surface area contributed by atoms with Crippen LogP contribution in [-0.4, -0.2) is 23.0 Å². The van der Waals surface area contributed by atoms with E-state index >= 15 is 0 Å². The highest BCUT2D eigenvalue weighted by molar-refractivity contribution is 8.48. The Bertz CT molecular complexity index is 118. The summed E-state index contributed by atoms with van der Waals surface area (Å²) in [4.78, 5) is 0. The Hall–Kier alpha value is 0.440. The maximum atomic E-state index is 5.37. The van der Waals surface area contributed by atoms with Crippen LogP contribution in [0.25, 0.3) is 0 Å². The lowest BCUT2D eigenvalue weighted by Crippen LogP contribution is -2.22. The normalized spacial score (nSPS) is 15.0. The third-order valence-electron chi connectivity index (χ3n) is 1.17. The van der Waals surface area contributed by atoms with Crippen LogP contribution in [0.5, 0.6) is 0 Å². The van der Waals surface area contributed by atoms with E-state index in [0.29, 0.717) is 0 Å². The van der Waals surface area contributed by atoms with E-state index in [0.717, 1.165) is 0 Å². The summed E-state index contributed by atoms with van der Waals surface area (Å²) in [6.45, 7) is 6.56. The van der Waals surface area contributed by atoms with Crippen molar-refractivity contribution >= 4 is 26.4 Å². The Morgan fingerprint density at radius 1 is 1.10 bits per heavy atom. The zero-order valence-corrected chi connectivity index (χ0v) is 9.45. The molecule has 0 heterocycles. The third-order valence-corrected chi connectivity index (χ3v) is 5.01. The van der Waals surface area contributed by atoms with Gasteiger partial charge in [-0.1, -0.05) is 33.0 Å². The van der Waals surface area contributed by atoms with E-state index in [4.69, 9.17) is 12.2 Å². The quantitative estimate of drug-likeness (QED) is 0.514. The first-order valence-electron chi connectivity index (χ1n) is 3.38. The van der Waals surface area contributed by atoms with Gasteiger partial charge in [0.15, 0.2) is 0 Å². The van der Waals surface area contributed by atoms with Crippen molar-refractivity contribution in [2.75, 3.05) is 18.8 Å². The van der Waals surface area contributed by atoms with Gasteiger partial charge in [-0.15, -0.1) is 0 Å². The summed E-state index contributed by atoms with van der Waals surface area (Å²) in [6.07, 6.45) is 6.75. The van der Waals surface area contributed by atoms with Crippen LogP contribution in [0.2, 0.25) is 0 Å². The zero-order chi connectivity index (χ0) is 8.58. The molecule has 0 saturated heterocycles. The molecular weight excluding hydrogens is 160 g/mol. The molecule has 0 atom stereocenters. The maximum absolute atomic E-state index is 5.37. The molecule has 0 spiro atoms. The summed E-state index contributed by atoms with van der Waals surface area (Å²) in [5.41, 5.74) is 0.211. The minimum Gasteiger partial charge on any atom is -0.217 e. The summed E-state index contributed by atoms with van der Waals surface area (Å²) in [5.74, 6) is 0. The molecule has 0 unspecified atom stereocenters. The largest absolute Gasteiger partial charge is 0.217 e. The molecule has 0 rings (SSSR count). The fraction of sp³-hybridized carbons (Fsp3) is 0.875. The van der Waals surface area contributed by atoms with Crippen LogP contribution < -0.4 is 0 Å². The van der Waals surface area contributed by atoms with Gasteiger partial charge < -0.3 is 0 Å². The fourth-order valence-electron chi connectivity index (χ4n) is 0.919. The predicted octanol–water partition coefficient (Wildman–Crippen LogP) is 3.05. The van der Waals surface area contributed by atoms with Gasteiger partial charge in [0.1, 0.15) is 0 Å². The molecule has 0 fully saturated rings. The second-order valence-electron chi connectivity index (χ2n) is 4.37. The zero-order valence-electron chi connectivity index (χ0n) is 7.82. The van der Waals surface area contributed by atoms with Crippen LogP contribution in [0.3, 0.4) is 0 Å². The highest BCUT2D eigenvalue weighted by Crippen LogP contribution is 2.44. The molecule has 0 aliphatic rings. The number of hydrogen-bond acceptors (Lipinski definition) is 1. The summed E-state index contributed by atoms with van der Waals surface area (Å²) in [7, 11) is -0.629. The van der Waals surface area contributed by atoms with E-state index in [-0.39, 0.29) is 5.41 Å². The molecule has 10 heavy (non-hydrogen) atoms. The first-order valence-corrected chi connectivity index (χ1v) is 6.65. The standard InChI is InChI=1S/C8H18S2/c1-8(2,3)7(9)10(4,5)6/h1-6H3. The lowest BCUT2D eigenvalue weighted by atomic mass is 10.0. The van der Waals surface area contributed by atoms with Crippen LogP contribution >= 0.6 is 22.2 Å². The second kappa shape index (κ2) is 2.82. The van der Waals surface area contributed by atoms with Gasteiger partial charge >= 0.3 is 0 Å². The first-order chi connectivity index (χ1) is 4.15. The molecule has 62 valence electrons. The fourth-order valence-corrected chi connectivity index (χ4v) is 2.76. The Morgan fingerprint density at radius 3 is 1.40 bits per heavy atom. The SMILES string of the molecule is CC(C)(C)C(=S)S(C)(C)C. The smallest absolute Gasteiger partial charge is 0.0356 e. The third kappa shape index (κ3) is 3.02. The van der Waals surface area contributed by atoms with Gasteiger partial charge in [0.2, 0.25) is 0 Å². The van der Waals surface area contributed by atoms with Crippen molar-refractivity contribution in [1.82, 2.24) is 0 Å². The molecule has 2 heteroatoms. The van der Waals surface area contributed by atoms with Crippen molar-refractivity contribution in [3.05, 3.63) is 0 Å². The summed E-state index contributed by atoms with van der Waals surface area (Å²) in [6, 6.07) is 0. The molecule has 0 aromatic heterocycles. The topological polar surface area (TPSA) is 0 Å². The van der Waals surface area contributed by atoms with Crippen molar-refractivity contribution in [3.63, 3.8) is 0 Å². The maximum Gasteiger partial charge on any atom is 0.0356 e. The van der Waals surface area contributed by atoms with E-state index in [1.54, 1.807) is 0 Å². The molecule has 0 N–H and O–H groups in total. The average molecular weight is 178 g/mol. The number of rotatable bonds is 0. The van der Waals surface area contributed by atoms with E-state index in [2.05, 4.69) is 39.5 Å². The summed E-state index contributed by atoms with van der Waals surface area (Å²) < 4.78 is 1.24. The minimum absolute atomic E-state index is 0.211. The van der Waals surface area contributed by atoms with Crippen molar-refractivity contribution in [2.24, 2.45) is 5.41 Å². The molecular formula is C8H18S2. The Labute approximate surface area is 71.7 Å². The molecule has 0 aromatic rings. The van der Waals surface area contributed by atoms with Gasteiger partial charge in [-0.25, -0.2) is 10.0 Å². The lowest BCUT2D eigenvalue weighted by Gasteiger charge is -2.34. The Kier molecular flexibility index (Phi) is 2.94. The van der Waals surface area contributed by atoms with Gasteiger partial charge in [-0.2, -0.15) is 0 Å². The van der Waals surface area contributed by atoms with Gasteiger partial charge in [-0.05, 0) is 18.8 Å². The summed E-state index contributed by atoms with van der Waals surface area (Å²) in [5, 5.41) is 0. The second-order valence-corrected chi connectivity index (χ2v) is 9.12. The molecule has 0 aliphatic carbocycles. The van der Waals surface area contributed by atoms with Crippen LogP contribution in [0.1, 0.15) is 20.8 Å². The molecule has 0 saturated carbocycles. The monoisotopic (exact) mass is 178 g/mol. The lowest BCUT2D eigenvalue weighted by molar-refractivity contribution is 0.610. The van der Waals surface area contributed by atoms with Gasteiger partial charge in [0, 0.05) is 9.61 Å². The van der Waals surface area contributed by atoms with E-state index in [1.165, 1.54) is 4.20 Å². The van der Waals surface area contributed by atoms with E-state index < -0.39 is 10.0 Å². The first kappa shape index (κ1) is 10.4. The molecule has 0 bridgehead atoms. The van der Waals surface area contributed by atoms with Crippen LogP contribution in [0.4, 0.5) is 0 Å². The minimum atomic E-state index is -0.629. The molecule has 0 aliphatic heterocycles. The van der Waals surface area contributed by atoms with E-state index in [1.807, 2.05) is 0 Å². The van der Waals surface area contributed by atoms with Crippen molar-refractivity contribution in [2.45, 2.75) is 20.8 Å². The van der Waals surface area contributed by atoms with Gasteiger partial charge in [0.25, 0.3) is 0 Å². The van der Waals surface area contributed by atoms with Crippen molar-refractivity contribution < 1.29 is 0 Å². The highest BCUT2D eigenvalue weighted by Gasteiger charge is 2.24. The predicted molar refractivity (Wildman–Crippen MR) is 57.4 cm³/mol. The van der Waals surface area contributed by atoms with Crippen LogP contribution in [0, 0.1) is 5.41 Å². The number of hydrogen-bond donors (Lipinski definition) is 0. The van der Waals surface area contributed by atoms with Crippen LogP contribution in [-0.2, 0) is 0 Å². The Morgan fingerprint density at radius 2 is 1.40 bits per heavy atom. The molecule has 0 amide bonds. The number of thiocarbonyl (C=S) groups is 1. The Balaban J connectivity index is 4.40. The van der Waals surface area contributed by atoms with E-state index in [9.17, 15) is 0 Å². The summed E-state index contributed by atoms with van der Waals surface area (Å²) >= 11 is 5.37. The molecule has 0 radical (unpaired) electrons. The average Bonchev–Trinajstić information content (AvgIpc) is 1.59. The highest BCUT2D eigenvalue weighted by atomic mass is 32.3. The van der Waals surface area contributed by atoms with Gasteiger partial charge in [-0.3, -0.25) is 0 Å².